The van der Waals surface area contributed by atoms with Gasteiger partial charge in [0.25, 0.3) is 5.56 Å². The fourth-order valence-corrected chi connectivity index (χ4v) is 4.31. The summed E-state index contributed by atoms with van der Waals surface area (Å²) in [5, 5.41) is 10.6. The van der Waals surface area contributed by atoms with Crippen LogP contribution >= 0.6 is 8.17 Å². The number of methoxy groups -OCH3 is 1. The van der Waals surface area contributed by atoms with Crippen molar-refractivity contribution < 1.29 is 42.7 Å². The largest absolute Gasteiger partial charge is 0.575 e. The number of carbonyl (C=O) groups excluding carboxylic acids is 1. The maximum absolute atomic E-state index is 15.4. The first kappa shape index (κ1) is 29.2. The number of nitrogens with zero attached hydrogens (tertiary/aromatic N) is 2. The Hall–Kier alpha value is -3.32. The van der Waals surface area contributed by atoms with E-state index in [9.17, 15) is 24.4 Å². The van der Waals surface area contributed by atoms with Gasteiger partial charge in [-0.15, -0.1) is 0 Å². The van der Waals surface area contributed by atoms with E-state index >= 15 is 4.39 Å². The van der Waals surface area contributed by atoms with Crippen LogP contribution in [0.2, 0.25) is 0 Å². The summed E-state index contributed by atoms with van der Waals surface area (Å²) in [6.45, 7) is 5.38. The maximum Gasteiger partial charge on any atom is 0.395 e. The monoisotopic (exact) mass is 557 g/mol. The number of aliphatic hydroxyl groups is 1. The highest BCUT2D eigenvalue weighted by Gasteiger charge is 2.55. The zero-order valence-electron chi connectivity index (χ0n) is 21.3. The van der Waals surface area contributed by atoms with Crippen LogP contribution in [0.4, 0.5) is 4.39 Å². The molecule has 1 unspecified atom stereocenters. The van der Waals surface area contributed by atoms with Crippen molar-refractivity contribution in [2.24, 2.45) is 4.74 Å². The molecule has 0 aliphatic carbocycles. The average Bonchev–Trinajstić information content (AvgIpc) is 3.06. The number of hydrogen-bond acceptors (Lipinski definition) is 11. The highest BCUT2D eigenvalue weighted by Crippen LogP contribution is 2.42. The number of H-pyrrole nitrogens is 1. The van der Waals surface area contributed by atoms with Gasteiger partial charge in [0.15, 0.2) is 23.7 Å². The molecule has 0 radical (unpaired) electrons. The first-order valence-electron chi connectivity index (χ1n) is 11.5. The zero-order chi connectivity index (χ0) is 28.2. The molecule has 3 rings (SSSR count). The number of esters is 1. The van der Waals surface area contributed by atoms with Gasteiger partial charge in [0, 0.05) is 18.3 Å². The Morgan fingerprint density at radius 1 is 1.32 bits per heavy atom. The number of aromatic amines is 1. The predicted molar refractivity (Wildman–Crippen MR) is 130 cm³/mol. The molecule has 1 aliphatic heterocycles. The van der Waals surface area contributed by atoms with E-state index in [1.165, 1.54) is 32.2 Å². The van der Waals surface area contributed by atoms with Crippen LogP contribution in [0.5, 0.6) is 17.2 Å². The molecule has 1 aromatic carbocycles. The van der Waals surface area contributed by atoms with Gasteiger partial charge in [-0.25, -0.2) is 14.0 Å². The van der Waals surface area contributed by atoms with Gasteiger partial charge in [-0.3, -0.25) is 18.9 Å². The van der Waals surface area contributed by atoms with Crippen molar-refractivity contribution in [3.63, 3.8) is 0 Å². The average molecular weight is 557 g/mol. The smallest absolute Gasteiger partial charge is 0.395 e. The van der Waals surface area contributed by atoms with Gasteiger partial charge in [-0.05, 0) is 39.8 Å². The molecule has 208 valence electrons. The number of ether oxygens (including phenoxy) is 4. The number of nitrogens with one attached hydrogen (secondary N) is 1. The number of alkyl halides is 1. The second kappa shape index (κ2) is 12.0. The SMILES string of the molecule is COc1ccc(O/[P+]([O-])=N/[C@@H](C)C(=O)OC(C)C)c(OC[C@H]2O[C@@H](n3ccc(=O)[nH]c3=O)[C@](C)(F)[C@@H]2O)c1. The highest BCUT2D eigenvalue weighted by molar-refractivity contribution is 7.34. The van der Waals surface area contributed by atoms with Gasteiger partial charge in [0.05, 0.1) is 13.2 Å². The summed E-state index contributed by atoms with van der Waals surface area (Å²) in [5.74, 6) is -0.365. The summed E-state index contributed by atoms with van der Waals surface area (Å²) < 4.78 is 46.9. The Kier molecular flexibility index (Phi) is 9.26. The van der Waals surface area contributed by atoms with Crippen molar-refractivity contribution in [3.05, 3.63) is 51.3 Å². The summed E-state index contributed by atoms with van der Waals surface area (Å²) in [5.41, 5.74) is -4.01. The van der Waals surface area contributed by atoms with E-state index in [0.29, 0.717) is 5.75 Å². The molecule has 1 aliphatic rings. The number of halogens is 1. The molecule has 6 atom stereocenters. The molecule has 2 heterocycles. The minimum atomic E-state index is -2.73. The molecule has 0 saturated carbocycles. The van der Waals surface area contributed by atoms with Crippen molar-refractivity contribution in [1.29, 1.82) is 0 Å². The van der Waals surface area contributed by atoms with Crippen LogP contribution in [-0.4, -0.2) is 64.4 Å². The fraction of sp³-hybridized carbons (Fsp3) is 0.522. The third kappa shape index (κ3) is 6.76. The van der Waals surface area contributed by atoms with Gasteiger partial charge < -0.3 is 28.9 Å². The quantitative estimate of drug-likeness (QED) is 0.319. The van der Waals surface area contributed by atoms with Crippen LogP contribution in [0.3, 0.4) is 0 Å². The summed E-state index contributed by atoms with van der Waals surface area (Å²) in [6.07, 6.45) is -3.84. The van der Waals surface area contributed by atoms with E-state index in [1.54, 1.807) is 13.8 Å². The van der Waals surface area contributed by atoms with Crippen molar-refractivity contribution in [3.8, 4) is 17.2 Å². The Labute approximate surface area is 217 Å². The minimum absolute atomic E-state index is 0.00123. The second-order valence-corrected chi connectivity index (χ2v) is 9.76. The number of aromatic nitrogens is 2. The van der Waals surface area contributed by atoms with Crippen LogP contribution in [-0.2, 0) is 14.3 Å². The molecule has 1 saturated heterocycles. The number of benzene rings is 1. The lowest BCUT2D eigenvalue weighted by Gasteiger charge is -2.24. The van der Waals surface area contributed by atoms with E-state index in [2.05, 4.69) is 4.74 Å². The van der Waals surface area contributed by atoms with E-state index < -0.39 is 62.1 Å². The molecule has 38 heavy (non-hydrogen) atoms. The van der Waals surface area contributed by atoms with Crippen LogP contribution in [0.25, 0.3) is 0 Å². The van der Waals surface area contributed by atoms with E-state index in [1.807, 2.05) is 4.98 Å². The molecule has 0 bridgehead atoms. The first-order chi connectivity index (χ1) is 17.8. The normalized spacial score (nSPS) is 24.2. The van der Waals surface area contributed by atoms with Crippen LogP contribution in [0, 0.1) is 0 Å². The topological polar surface area (TPSA) is 174 Å². The standard InChI is InChI=1S/C23H29FN3O10P/c1-12(2)35-20(30)13(3)26-38(32)37-15-7-6-14(33-5)10-16(15)34-11-17-19(29)23(4,24)21(36-17)27-9-8-18(28)25-22(27)31/h6-10,12-13,17,19,21,29H,11H2,1-5H3,(H,25,28,31)/t13-,17+,19+,21+,23+/m0/s1. The minimum Gasteiger partial charge on any atom is -0.575 e. The molecule has 15 heteroatoms. The Bertz CT molecular complexity index is 1290. The van der Waals surface area contributed by atoms with Crippen molar-refractivity contribution >= 4 is 14.1 Å². The number of aliphatic hydroxyl groups excluding tert-OH is 1. The number of hydrogen-bond donors (Lipinski definition) is 2. The lowest BCUT2D eigenvalue weighted by atomic mass is 9.98. The predicted octanol–water partition coefficient (Wildman–Crippen LogP) is 1.19. The second-order valence-electron chi connectivity index (χ2n) is 8.87. The number of rotatable bonds is 10. The van der Waals surface area contributed by atoms with Crippen LogP contribution in [0.15, 0.2) is 44.8 Å². The molecule has 0 amide bonds. The molecule has 1 aromatic heterocycles. The zero-order valence-corrected chi connectivity index (χ0v) is 22.2. The third-order valence-corrected chi connectivity index (χ3v) is 6.40. The molecule has 1 fully saturated rings. The number of carbonyl (C=O) groups is 1. The van der Waals surface area contributed by atoms with E-state index in [4.69, 9.17) is 23.5 Å². The van der Waals surface area contributed by atoms with E-state index in [-0.39, 0.29) is 17.6 Å². The van der Waals surface area contributed by atoms with Crippen molar-refractivity contribution in [1.82, 2.24) is 9.55 Å². The lowest BCUT2D eigenvalue weighted by molar-refractivity contribution is -0.170. The van der Waals surface area contributed by atoms with E-state index in [0.717, 1.165) is 23.8 Å². The highest BCUT2D eigenvalue weighted by atomic mass is 31.1. The van der Waals surface area contributed by atoms with Gasteiger partial charge in [-0.1, -0.05) is 4.74 Å². The first-order valence-corrected chi connectivity index (χ1v) is 12.7. The molecular weight excluding hydrogens is 528 g/mol. The maximum atomic E-state index is 15.4. The van der Waals surface area contributed by atoms with Gasteiger partial charge in [0.1, 0.15) is 24.6 Å². The van der Waals surface area contributed by atoms with Gasteiger partial charge in [-0.2, -0.15) is 0 Å². The molecule has 0 spiro atoms. The van der Waals surface area contributed by atoms with Crippen LogP contribution in [0.1, 0.15) is 33.9 Å². The molecular formula is C23H29FN3O10P. The summed E-state index contributed by atoms with van der Waals surface area (Å²) in [4.78, 5) is 49.9. The van der Waals surface area contributed by atoms with Gasteiger partial charge in [0.2, 0.25) is 5.75 Å². The van der Waals surface area contributed by atoms with Crippen molar-refractivity contribution in [2.75, 3.05) is 13.7 Å². The Balaban J connectivity index is 1.78. The molecule has 2 aromatic rings. The Morgan fingerprint density at radius 3 is 2.66 bits per heavy atom. The summed E-state index contributed by atoms with van der Waals surface area (Å²) in [7, 11) is -1.32. The molecule has 2 N–H and O–H groups in total. The third-order valence-electron chi connectivity index (χ3n) is 5.51. The van der Waals surface area contributed by atoms with Crippen molar-refractivity contribution in [2.45, 2.75) is 63.9 Å². The lowest BCUT2D eigenvalue weighted by Crippen LogP contribution is -2.43. The summed E-state index contributed by atoms with van der Waals surface area (Å²) >= 11 is 0. The van der Waals surface area contributed by atoms with Gasteiger partial charge >= 0.3 is 19.8 Å². The Morgan fingerprint density at radius 2 is 2.03 bits per heavy atom. The fourth-order valence-electron chi connectivity index (χ4n) is 3.57. The summed E-state index contributed by atoms with van der Waals surface area (Å²) in [6, 6.07) is 4.25. The van der Waals surface area contributed by atoms with Crippen LogP contribution < -0.4 is 30.1 Å². The molecule has 13 nitrogen and oxygen atoms in total.